The summed E-state index contributed by atoms with van der Waals surface area (Å²) in [4.78, 5) is 14.4. The number of carbonyl (C=O) groups is 1. The van der Waals surface area contributed by atoms with E-state index in [2.05, 4.69) is 16.1 Å². The molecule has 0 aromatic carbocycles. The molecule has 0 saturated carbocycles. The van der Waals surface area contributed by atoms with Crippen LogP contribution in [-0.2, 0) is 11.3 Å². The van der Waals surface area contributed by atoms with E-state index in [0.29, 0.717) is 12.0 Å². The maximum Gasteiger partial charge on any atom is 0.330 e. The number of nitrogens with zero attached hydrogens (tertiary/aromatic N) is 2. The van der Waals surface area contributed by atoms with E-state index >= 15 is 0 Å². The third-order valence-electron chi connectivity index (χ3n) is 2.51. The number of hydrogen-bond acceptors (Lipinski definition) is 2. The van der Waals surface area contributed by atoms with Gasteiger partial charge in [-0.1, -0.05) is 19.4 Å². The molecule has 1 rings (SSSR count). The highest BCUT2D eigenvalue weighted by molar-refractivity contribution is 5.85. The summed E-state index contributed by atoms with van der Waals surface area (Å²) in [7, 11) is 0. The summed E-state index contributed by atoms with van der Waals surface area (Å²) in [5.41, 5.74) is 0.314. The number of carboxylic acid groups (broad SMARTS) is 1. The highest BCUT2D eigenvalue weighted by atomic mass is 35.5. The number of aliphatic carboxylic acids is 1. The van der Waals surface area contributed by atoms with Gasteiger partial charge in [-0.25, -0.2) is 9.78 Å². The van der Waals surface area contributed by atoms with Crippen LogP contribution in [0.4, 0.5) is 0 Å². The third kappa shape index (κ3) is 6.79. The van der Waals surface area contributed by atoms with Gasteiger partial charge in [-0.3, -0.25) is 0 Å². The molecule has 17 heavy (non-hydrogen) atoms. The second-order valence-corrected chi connectivity index (χ2v) is 3.87. The van der Waals surface area contributed by atoms with E-state index in [1.54, 1.807) is 6.20 Å². The van der Waals surface area contributed by atoms with E-state index in [1.165, 1.54) is 0 Å². The molecule has 0 unspecified atom stereocenters. The van der Waals surface area contributed by atoms with Gasteiger partial charge in [0.2, 0.25) is 0 Å². The average molecular weight is 259 g/mol. The van der Waals surface area contributed by atoms with Gasteiger partial charge in [-0.2, -0.15) is 0 Å². The first kappa shape index (κ1) is 15.7. The van der Waals surface area contributed by atoms with E-state index in [9.17, 15) is 4.79 Å². The minimum Gasteiger partial charge on any atom is -0.478 e. The van der Waals surface area contributed by atoms with Crippen LogP contribution in [0.1, 0.15) is 32.1 Å². The van der Waals surface area contributed by atoms with E-state index in [1.807, 2.05) is 12.5 Å². The SMILES string of the molecule is C=C(CCCCCCn1ccnc1)C(=O)O.Cl. The molecule has 1 heterocycles. The Bertz CT molecular complexity index is 336. The lowest BCUT2D eigenvalue weighted by atomic mass is 10.1. The molecule has 0 spiro atoms. The standard InChI is InChI=1S/C12H18N2O2.ClH/c1-11(12(15)16)6-4-2-3-5-8-14-9-7-13-10-14;/h7,9-10H,1-6,8H2,(H,15,16);1H. The number of aromatic nitrogens is 2. The lowest BCUT2D eigenvalue weighted by molar-refractivity contribution is -0.132. The molecule has 0 radical (unpaired) electrons. The fourth-order valence-corrected chi connectivity index (χ4v) is 1.51. The van der Waals surface area contributed by atoms with E-state index in [0.717, 1.165) is 32.2 Å². The number of halogens is 1. The summed E-state index contributed by atoms with van der Waals surface area (Å²) in [6.45, 7) is 4.49. The zero-order chi connectivity index (χ0) is 11.8. The Morgan fingerprint density at radius 1 is 1.29 bits per heavy atom. The van der Waals surface area contributed by atoms with Crippen molar-refractivity contribution in [3.8, 4) is 0 Å². The van der Waals surface area contributed by atoms with Crippen molar-refractivity contribution < 1.29 is 9.90 Å². The van der Waals surface area contributed by atoms with Crippen molar-refractivity contribution >= 4 is 18.4 Å². The molecular formula is C12H19ClN2O2. The van der Waals surface area contributed by atoms with Crippen molar-refractivity contribution in [1.82, 2.24) is 9.55 Å². The molecule has 4 nitrogen and oxygen atoms in total. The van der Waals surface area contributed by atoms with Crippen molar-refractivity contribution in [1.29, 1.82) is 0 Å². The average Bonchev–Trinajstić information content (AvgIpc) is 2.75. The van der Waals surface area contributed by atoms with Crippen molar-refractivity contribution in [3.63, 3.8) is 0 Å². The van der Waals surface area contributed by atoms with Crippen LogP contribution in [-0.4, -0.2) is 20.6 Å². The molecule has 96 valence electrons. The van der Waals surface area contributed by atoms with Crippen molar-refractivity contribution in [2.75, 3.05) is 0 Å². The molecule has 0 aliphatic heterocycles. The summed E-state index contributed by atoms with van der Waals surface area (Å²) in [5, 5.41) is 8.60. The third-order valence-corrected chi connectivity index (χ3v) is 2.51. The molecule has 0 saturated heterocycles. The van der Waals surface area contributed by atoms with Gasteiger partial charge in [0.15, 0.2) is 0 Å². The number of aryl methyl sites for hydroxylation is 1. The zero-order valence-electron chi connectivity index (χ0n) is 9.84. The Kier molecular flexibility index (Phi) is 8.15. The van der Waals surface area contributed by atoms with Gasteiger partial charge in [0.05, 0.1) is 6.33 Å². The molecule has 1 aromatic heterocycles. The minimum atomic E-state index is -0.876. The van der Waals surface area contributed by atoms with E-state index < -0.39 is 5.97 Å². The Hall–Kier alpha value is -1.29. The molecule has 1 aromatic rings. The van der Waals surface area contributed by atoms with Gasteiger partial charge in [0, 0.05) is 24.5 Å². The summed E-state index contributed by atoms with van der Waals surface area (Å²) in [6.07, 6.45) is 10.3. The minimum absolute atomic E-state index is 0. The topological polar surface area (TPSA) is 55.1 Å². The van der Waals surface area contributed by atoms with Crippen LogP contribution in [0.5, 0.6) is 0 Å². The van der Waals surface area contributed by atoms with Crippen LogP contribution in [0.2, 0.25) is 0 Å². The van der Waals surface area contributed by atoms with Gasteiger partial charge >= 0.3 is 5.97 Å². The lowest BCUT2D eigenvalue weighted by Crippen LogP contribution is -1.99. The van der Waals surface area contributed by atoms with Gasteiger partial charge in [0.25, 0.3) is 0 Å². The van der Waals surface area contributed by atoms with Crippen LogP contribution in [0.3, 0.4) is 0 Å². The first-order valence-corrected chi connectivity index (χ1v) is 5.57. The number of rotatable bonds is 8. The fraction of sp³-hybridized carbons (Fsp3) is 0.500. The highest BCUT2D eigenvalue weighted by Gasteiger charge is 2.02. The van der Waals surface area contributed by atoms with Crippen molar-refractivity contribution in [2.24, 2.45) is 0 Å². The van der Waals surface area contributed by atoms with Gasteiger partial charge in [-0.05, 0) is 19.3 Å². The smallest absolute Gasteiger partial charge is 0.330 e. The molecular weight excluding hydrogens is 240 g/mol. The lowest BCUT2D eigenvalue weighted by Gasteiger charge is -2.02. The molecule has 5 heteroatoms. The maximum atomic E-state index is 10.5. The Morgan fingerprint density at radius 3 is 2.59 bits per heavy atom. The van der Waals surface area contributed by atoms with Crippen molar-refractivity contribution in [2.45, 2.75) is 38.6 Å². The van der Waals surface area contributed by atoms with Gasteiger partial charge in [0.1, 0.15) is 0 Å². The number of hydrogen-bond donors (Lipinski definition) is 1. The first-order chi connectivity index (χ1) is 7.70. The molecule has 0 bridgehead atoms. The second kappa shape index (κ2) is 8.82. The molecule has 0 amide bonds. The van der Waals surface area contributed by atoms with Crippen LogP contribution in [0.15, 0.2) is 30.9 Å². The Labute approximate surface area is 108 Å². The Balaban J connectivity index is 0.00000256. The normalized spacial score (nSPS) is 9.65. The van der Waals surface area contributed by atoms with Crippen molar-refractivity contribution in [3.05, 3.63) is 30.9 Å². The number of imidazole rings is 1. The van der Waals surface area contributed by atoms with E-state index in [-0.39, 0.29) is 12.4 Å². The maximum absolute atomic E-state index is 10.5. The summed E-state index contributed by atoms with van der Waals surface area (Å²) < 4.78 is 2.05. The first-order valence-electron chi connectivity index (χ1n) is 5.57. The molecule has 1 N–H and O–H groups in total. The van der Waals surface area contributed by atoms with Gasteiger partial charge < -0.3 is 9.67 Å². The summed E-state index contributed by atoms with van der Waals surface area (Å²) in [5.74, 6) is -0.876. The summed E-state index contributed by atoms with van der Waals surface area (Å²) >= 11 is 0. The number of unbranched alkanes of at least 4 members (excludes halogenated alkanes) is 3. The Morgan fingerprint density at radius 2 is 2.00 bits per heavy atom. The van der Waals surface area contributed by atoms with Crippen LogP contribution < -0.4 is 0 Å². The molecule has 0 atom stereocenters. The molecule has 0 aliphatic rings. The zero-order valence-corrected chi connectivity index (χ0v) is 10.7. The summed E-state index contributed by atoms with van der Waals surface area (Å²) in [6, 6.07) is 0. The monoisotopic (exact) mass is 258 g/mol. The predicted octanol–water partition coefficient (Wildman–Crippen LogP) is 2.90. The van der Waals surface area contributed by atoms with Gasteiger partial charge in [-0.15, -0.1) is 12.4 Å². The number of carboxylic acids is 1. The quantitative estimate of drug-likeness (QED) is 0.576. The second-order valence-electron chi connectivity index (χ2n) is 3.87. The fourth-order valence-electron chi connectivity index (χ4n) is 1.51. The van der Waals surface area contributed by atoms with Crippen LogP contribution >= 0.6 is 12.4 Å². The highest BCUT2D eigenvalue weighted by Crippen LogP contribution is 2.09. The largest absolute Gasteiger partial charge is 0.478 e. The van der Waals surface area contributed by atoms with E-state index in [4.69, 9.17) is 5.11 Å². The molecule has 0 fully saturated rings. The van der Waals surface area contributed by atoms with Crippen LogP contribution in [0, 0.1) is 0 Å². The predicted molar refractivity (Wildman–Crippen MR) is 69.3 cm³/mol. The van der Waals surface area contributed by atoms with Crippen LogP contribution in [0.25, 0.3) is 0 Å². The molecule has 0 aliphatic carbocycles.